The van der Waals surface area contributed by atoms with Crippen molar-refractivity contribution in [3.63, 3.8) is 0 Å². The summed E-state index contributed by atoms with van der Waals surface area (Å²) in [4.78, 5) is 0. The van der Waals surface area contributed by atoms with Crippen LogP contribution < -0.4 is 20.7 Å². The summed E-state index contributed by atoms with van der Waals surface area (Å²) in [6, 6.07) is 69.7. The van der Waals surface area contributed by atoms with E-state index >= 15 is 0 Å². The second-order valence-corrected chi connectivity index (χ2v) is 27.3. The van der Waals surface area contributed by atoms with E-state index in [0.29, 0.717) is 17.3 Å². The van der Waals surface area contributed by atoms with Crippen molar-refractivity contribution in [3.8, 4) is 44.5 Å². The van der Waals surface area contributed by atoms with Crippen LogP contribution in [-0.2, 0) is 22.4 Å². The van der Waals surface area contributed by atoms with Crippen LogP contribution in [0.5, 0.6) is 0 Å². The molecule has 0 amide bonds. The van der Waals surface area contributed by atoms with Crippen molar-refractivity contribution >= 4 is 52.1 Å². The Bertz CT molecular complexity index is 3330. The van der Waals surface area contributed by atoms with Crippen molar-refractivity contribution in [1.29, 1.82) is 0 Å². The first kappa shape index (κ1) is 48.1. The topological polar surface area (TPSA) is 17.1 Å². The molecule has 7 aliphatic rings. The average molecular weight is 1150 g/mol. The molecular formula is C69H67AuN2Si-. The summed E-state index contributed by atoms with van der Waals surface area (Å²) in [5, 5.41) is 10.9. The van der Waals surface area contributed by atoms with E-state index in [4.69, 9.17) is 5.32 Å². The number of rotatable bonds is 5. The van der Waals surface area contributed by atoms with Gasteiger partial charge in [-0.05, 0) is 142 Å². The minimum absolute atomic E-state index is 0. The Hall–Kier alpha value is -5.81. The predicted molar refractivity (Wildman–Crippen MR) is 306 cm³/mol. The molecule has 73 heavy (non-hydrogen) atoms. The van der Waals surface area contributed by atoms with Crippen LogP contribution in [0, 0.1) is 29.1 Å². The molecule has 1 radical (unpaired) electrons. The van der Waals surface area contributed by atoms with Crippen molar-refractivity contribution in [3.05, 3.63) is 205 Å². The average Bonchev–Trinajstić information content (AvgIpc) is 3.70. The van der Waals surface area contributed by atoms with Gasteiger partial charge in [0.2, 0.25) is 0 Å². The molecule has 1 spiro atoms. The Kier molecular flexibility index (Phi) is 12.2. The van der Waals surface area contributed by atoms with Crippen LogP contribution in [0.4, 0.5) is 17.1 Å². The summed E-state index contributed by atoms with van der Waals surface area (Å²) in [5.74, 6) is 4.92. The summed E-state index contributed by atoms with van der Waals surface area (Å²) in [5.41, 5.74) is 17.2. The summed E-state index contributed by atoms with van der Waals surface area (Å²) >= 11 is 0. The molecule has 0 saturated heterocycles. The Balaban J connectivity index is 0.000000162. The van der Waals surface area contributed by atoms with Crippen LogP contribution in [0.15, 0.2) is 188 Å². The standard InChI is InChI=1S/C42H28NSi.C27H39N.Au/c1-3-15-29(16-4-1)44(30-17-5-2-6-18-30)41-26-14-13-25-39(41)43-40-27-37-35-23-11-9-21-33(35)31-19-7-8-20-32(31)34-22-10-12-24-36(34)38(37)28-42(40)44;1-17(2)23-8-7-9-24(18(3)4)25(23)28-16-27(15-26(28,5)6)21-11-19-10-20(13-21)14-22(27)12-19;/h1-28H;7-9,17-22H,10-15H2,1-6H3;/q-1;;. The third-order valence-corrected chi connectivity index (χ3v) is 23.1. The maximum Gasteiger partial charge on any atom is 0.177 e. The number of para-hydroxylation sites is 2. The van der Waals surface area contributed by atoms with Gasteiger partial charge in [-0.3, -0.25) is 0 Å². The maximum absolute atomic E-state index is 5.43. The molecule has 8 aromatic carbocycles. The third kappa shape index (κ3) is 7.62. The number of hydrogen-bond acceptors (Lipinski definition) is 0. The number of fused-ring (bicyclic) bond motifs is 10. The molecule has 2 heterocycles. The fraction of sp³-hybridized carbons (Fsp3) is 0.290. The van der Waals surface area contributed by atoms with Crippen molar-refractivity contribution < 1.29 is 27.0 Å². The van der Waals surface area contributed by atoms with E-state index in [2.05, 4.69) is 240 Å². The second kappa shape index (κ2) is 18.5. The largest absolute Gasteiger partial charge is 0.658 e. The molecule has 4 heteroatoms. The van der Waals surface area contributed by atoms with Gasteiger partial charge in [-0.2, -0.15) is 0 Å². The van der Waals surface area contributed by atoms with E-state index < -0.39 is 8.07 Å². The van der Waals surface area contributed by atoms with Crippen LogP contribution >= 0.6 is 0 Å². The molecule has 0 aromatic heterocycles. The van der Waals surface area contributed by atoms with Gasteiger partial charge in [-0.15, -0.1) is 11.4 Å². The van der Waals surface area contributed by atoms with Crippen LogP contribution in [0.25, 0.3) is 49.8 Å². The Morgan fingerprint density at radius 1 is 0.466 bits per heavy atom. The van der Waals surface area contributed by atoms with Gasteiger partial charge in [-0.25, -0.2) is 0 Å². The third-order valence-electron chi connectivity index (χ3n) is 18.3. The van der Waals surface area contributed by atoms with E-state index in [9.17, 15) is 0 Å². The summed E-state index contributed by atoms with van der Waals surface area (Å²) in [6.07, 6.45) is 13.0. The first-order valence-electron chi connectivity index (χ1n) is 27.2. The Morgan fingerprint density at radius 3 is 1.37 bits per heavy atom. The fourth-order valence-electron chi connectivity index (χ4n) is 15.4. The molecule has 15 rings (SSSR count). The summed E-state index contributed by atoms with van der Waals surface area (Å²) < 4.78 is 2.65. The van der Waals surface area contributed by atoms with Crippen LogP contribution in [0.1, 0.15) is 103 Å². The van der Waals surface area contributed by atoms with Gasteiger partial charge in [0, 0.05) is 35.0 Å². The number of hydrogen-bond donors (Lipinski definition) is 0. The minimum Gasteiger partial charge on any atom is -0.658 e. The summed E-state index contributed by atoms with van der Waals surface area (Å²) in [7, 11) is -2.74. The molecular weight excluding hydrogens is 1080 g/mol. The van der Waals surface area contributed by atoms with Crippen molar-refractivity contribution in [2.45, 2.75) is 97.4 Å². The molecule has 0 atom stereocenters. The van der Waals surface area contributed by atoms with Crippen molar-refractivity contribution in [1.82, 2.24) is 0 Å². The normalized spacial score (nSPS) is 22.7. The zero-order valence-corrected chi connectivity index (χ0v) is 46.5. The van der Waals surface area contributed by atoms with Gasteiger partial charge in [0.05, 0.1) is 5.69 Å². The zero-order valence-electron chi connectivity index (χ0n) is 43.3. The van der Waals surface area contributed by atoms with Crippen LogP contribution in [0.2, 0.25) is 0 Å². The predicted octanol–water partition coefficient (Wildman–Crippen LogP) is 15.8. The number of nitrogens with zero attached hydrogens (tertiary/aromatic N) is 2. The van der Waals surface area contributed by atoms with E-state index in [0.717, 1.165) is 35.0 Å². The quantitative estimate of drug-likeness (QED) is 0.0928. The van der Waals surface area contributed by atoms with Crippen LogP contribution in [-0.4, -0.2) is 24.4 Å². The van der Waals surface area contributed by atoms with Gasteiger partial charge in [0.15, 0.2) is 8.07 Å². The van der Waals surface area contributed by atoms with Gasteiger partial charge in [-0.1, -0.05) is 237 Å². The van der Waals surface area contributed by atoms with Gasteiger partial charge < -0.3 is 9.89 Å². The fourth-order valence-corrected chi connectivity index (χ4v) is 20.4. The van der Waals surface area contributed by atoms with E-state index in [-0.39, 0.29) is 27.9 Å². The molecule has 0 N–H and O–H groups in total. The van der Waals surface area contributed by atoms with Crippen molar-refractivity contribution in [2.24, 2.45) is 29.1 Å². The molecule has 369 valence electrons. The molecule has 2 aliphatic heterocycles. The monoisotopic (exact) mass is 1150 g/mol. The number of benzene rings is 8. The van der Waals surface area contributed by atoms with Crippen molar-refractivity contribution in [2.75, 3.05) is 0 Å². The summed E-state index contributed by atoms with van der Waals surface area (Å²) in [6.45, 7) is 14.4. The van der Waals surface area contributed by atoms with E-state index in [1.807, 2.05) is 0 Å². The second-order valence-electron chi connectivity index (χ2n) is 23.5. The first-order chi connectivity index (χ1) is 35.0. The SMILES string of the molecule is CC(C)c1cccc(C(C)C)c1[N+]1=[C-]C2(CC1(C)C)C1CC3CC(C1)CC2C3.[Au].c1ccc([Si]2(c3ccccc3)c3ccccc3[N-]c3cc4c(cc32)-c2ccccc2-c2ccccc2-c2ccccc2-4)cc1. The maximum atomic E-state index is 5.43. The minimum atomic E-state index is -2.74. The molecule has 4 fully saturated rings. The molecule has 4 bridgehead atoms. The van der Waals surface area contributed by atoms with Gasteiger partial charge in [0.25, 0.3) is 0 Å². The zero-order chi connectivity index (χ0) is 48.9. The molecule has 8 aromatic rings. The van der Waals surface area contributed by atoms with Gasteiger partial charge in [0.1, 0.15) is 5.54 Å². The van der Waals surface area contributed by atoms with Gasteiger partial charge >= 0.3 is 0 Å². The van der Waals surface area contributed by atoms with E-state index in [1.165, 1.54) is 121 Å². The van der Waals surface area contributed by atoms with Crippen LogP contribution in [0.3, 0.4) is 0 Å². The molecule has 5 aliphatic carbocycles. The molecule has 4 saturated carbocycles. The van der Waals surface area contributed by atoms with E-state index in [1.54, 1.807) is 0 Å². The molecule has 0 unspecified atom stereocenters. The molecule has 2 nitrogen and oxygen atoms in total. The Morgan fingerprint density at radius 2 is 0.890 bits per heavy atom. The smallest absolute Gasteiger partial charge is 0.177 e. The first-order valence-corrected chi connectivity index (χ1v) is 29.2. The Labute approximate surface area is 451 Å².